The topological polar surface area (TPSA) is 136 Å². The average molecular weight is 591 g/mol. The molecule has 0 aliphatic heterocycles. The molecule has 4 aromatic rings. The van der Waals surface area contributed by atoms with Crippen molar-refractivity contribution in [1.82, 2.24) is 10.9 Å². The van der Waals surface area contributed by atoms with E-state index in [1.54, 1.807) is 97.1 Å². The van der Waals surface area contributed by atoms with Crippen molar-refractivity contribution in [3.63, 3.8) is 0 Å². The van der Waals surface area contributed by atoms with Crippen molar-refractivity contribution in [3.8, 4) is 11.5 Å². The van der Waals surface area contributed by atoms with Crippen LogP contribution in [0.5, 0.6) is 11.5 Å². The fourth-order valence-electron chi connectivity index (χ4n) is 3.86. The Labute approximate surface area is 254 Å². The third kappa shape index (κ3) is 9.88. The van der Waals surface area contributed by atoms with Gasteiger partial charge in [-0.25, -0.2) is 20.4 Å². The van der Waals surface area contributed by atoms with Gasteiger partial charge in [-0.15, -0.1) is 0 Å². The van der Waals surface area contributed by atoms with Crippen LogP contribution in [0.15, 0.2) is 119 Å². The van der Waals surface area contributed by atoms with E-state index >= 15 is 0 Å². The van der Waals surface area contributed by atoms with E-state index in [2.05, 4.69) is 21.1 Å². The molecule has 0 aliphatic carbocycles. The molecule has 10 nitrogen and oxygen atoms in total. The largest absolute Gasteiger partial charge is 0.422 e. The zero-order chi connectivity index (χ0) is 31.0. The second-order valence-corrected chi connectivity index (χ2v) is 9.38. The lowest BCUT2D eigenvalue weighted by Crippen LogP contribution is -2.19. The highest BCUT2D eigenvalue weighted by atomic mass is 16.5. The van der Waals surface area contributed by atoms with Gasteiger partial charge in [0.1, 0.15) is 11.5 Å². The Balaban J connectivity index is 1.16. The summed E-state index contributed by atoms with van der Waals surface area (Å²) in [6.07, 6.45) is 4.05. The van der Waals surface area contributed by atoms with Crippen molar-refractivity contribution in [2.24, 2.45) is 10.2 Å². The monoisotopic (exact) mass is 590 g/mol. The number of para-hydroxylation sites is 2. The van der Waals surface area contributed by atoms with Crippen molar-refractivity contribution in [1.29, 1.82) is 0 Å². The number of unbranched alkanes of at least 4 members (excludes halogenated alkanes) is 1. The molecule has 10 heteroatoms. The van der Waals surface area contributed by atoms with Gasteiger partial charge in [-0.1, -0.05) is 60.7 Å². The number of esters is 2. The van der Waals surface area contributed by atoms with E-state index in [0.717, 1.165) is 0 Å². The highest BCUT2D eigenvalue weighted by Crippen LogP contribution is 2.19. The van der Waals surface area contributed by atoms with Crippen LogP contribution >= 0.6 is 0 Å². The minimum Gasteiger partial charge on any atom is -0.422 e. The molecule has 2 amide bonds. The molecule has 0 heterocycles. The Hall–Kier alpha value is -5.90. The van der Waals surface area contributed by atoms with Gasteiger partial charge in [-0.2, -0.15) is 10.2 Å². The second-order valence-electron chi connectivity index (χ2n) is 9.38. The number of nitrogens with one attached hydrogen (secondary N) is 2. The van der Waals surface area contributed by atoms with Crippen LogP contribution in [0.4, 0.5) is 0 Å². The summed E-state index contributed by atoms with van der Waals surface area (Å²) in [7, 11) is 0. The Morgan fingerprint density at radius 2 is 0.886 bits per heavy atom. The van der Waals surface area contributed by atoms with Crippen molar-refractivity contribution in [2.45, 2.75) is 25.7 Å². The summed E-state index contributed by atoms with van der Waals surface area (Å²) in [5, 5.41) is 7.92. The molecule has 0 bridgehead atoms. The van der Waals surface area contributed by atoms with Gasteiger partial charge < -0.3 is 9.47 Å². The van der Waals surface area contributed by atoms with Crippen LogP contribution < -0.4 is 20.3 Å². The molecule has 4 rings (SSSR count). The zero-order valence-electron chi connectivity index (χ0n) is 23.7. The summed E-state index contributed by atoms with van der Waals surface area (Å²) >= 11 is 0. The number of carbonyl (C=O) groups excluding carboxylic acids is 4. The van der Waals surface area contributed by atoms with Crippen molar-refractivity contribution in [3.05, 3.63) is 131 Å². The number of hydrazone groups is 2. The van der Waals surface area contributed by atoms with Gasteiger partial charge in [0.05, 0.1) is 23.6 Å². The lowest BCUT2D eigenvalue weighted by atomic mass is 10.2. The van der Waals surface area contributed by atoms with E-state index in [-0.39, 0.29) is 24.7 Å². The van der Waals surface area contributed by atoms with E-state index in [1.807, 2.05) is 12.1 Å². The Bertz CT molecular complexity index is 1520. The van der Waals surface area contributed by atoms with Crippen LogP contribution in [0.1, 0.15) is 57.5 Å². The molecular formula is C34H30N4O6. The van der Waals surface area contributed by atoms with E-state index in [1.165, 1.54) is 12.4 Å². The molecule has 44 heavy (non-hydrogen) atoms. The molecule has 0 radical (unpaired) electrons. The predicted octanol–water partition coefficient (Wildman–Crippen LogP) is 5.29. The molecule has 0 fully saturated rings. The first kappa shape index (κ1) is 31.0. The molecule has 0 saturated heterocycles. The molecule has 0 aliphatic rings. The first-order valence-corrected chi connectivity index (χ1v) is 13.9. The third-order valence-electron chi connectivity index (χ3n) is 6.11. The second kappa shape index (κ2) is 16.5. The van der Waals surface area contributed by atoms with Gasteiger partial charge in [-0.05, 0) is 61.4 Å². The Kier molecular flexibility index (Phi) is 11.7. The molecule has 2 N–H and O–H groups in total. The number of ether oxygens (including phenoxy) is 2. The number of amides is 2. The minimum atomic E-state index is -0.501. The maximum absolute atomic E-state index is 12.4. The van der Waals surface area contributed by atoms with E-state index in [4.69, 9.17) is 9.47 Å². The minimum absolute atomic E-state index is 0.165. The summed E-state index contributed by atoms with van der Waals surface area (Å²) < 4.78 is 10.9. The lowest BCUT2D eigenvalue weighted by Gasteiger charge is -2.07. The van der Waals surface area contributed by atoms with Crippen LogP contribution in [0.25, 0.3) is 0 Å². The summed E-state index contributed by atoms with van der Waals surface area (Å²) in [6.45, 7) is 0. The average Bonchev–Trinajstić information content (AvgIpc) is 3.05. The van der Waals surface area contributed by atoms with Crippen LogP contribution in [0.3, 0.4) is 0 Å². The highest BCUT2D eigenvalue weighted by molar-refractivity contribution is 5.94. The number of carbonyl (C=O) groups is 4. The molecule has 0 saturated carbocycles. The third-order valence-corrected chi connectivity index (χ3v) is 6.11. The molecule has 4 aromatic carbocycles. The van der Waals surface area contributed by atoms with E-state index < -0.39 is 11.9 Å². The van der Waals surface area contributed by atoms with Crippen LogP contribution in [-0.2, 0) is 9.59 Å². The van der Waals surface area contributed by atoms with Crippen molar-refractivity contribution in [2.75, 3.05) is 0 Å². The zero-order valence-corrected chi connectivity index (χ0v) is 23.7. The highest BCUT2D eigenvalue weighted by Gasteiger charge is 2.12. The number of hydrogen-bond donors (Lipinski definition) is 2. The summed E-state index contributed by atoms with van der Waals surface area (Å²) in [6, 6.07) is 30.9. The van der Waals surface area contributed by atoms with Crippen LogP contribution in [0, 0.1) is 0 Å². The molecule has 222 valence electrons. The van der Waals surface area contributed by atoms with Crippen LogP contribution in [0.2, 0.25) is 0 Å². The molecule has 0 aromatic heterocycles. The Morgan fingerprint density at radius 3 is 1.30 bits per heavy atom. The standard InChI is InChI=1S/C34H30N4O6/c39-31(37-35-23-27-17-7-9-19-29(27)43-33(41)25-13-3-1-4-14-25)21-11-12-22-32(40)38-36-24-28-18-8-10-20-30(28)44-34(42)26-15-5-2-6-16-26/h1-10,13-20,23-24H,11-12,21-22H2,(H,37,39)(H,38,40)/b35-23+,36-24+. The van der Waals surface area contributed by atoms with Gasteiger partial charge in [0, 0.05) is 24.0 Å². The van der Waals surface area contributed by atoms with Gasteiger partial charge >= 0.3 is 11.9 Å². The van der Waals surface area contributed by atoms with Gasteiger partial charge in [0.2, 0.25) is 11.8 Å². The molecule has 0 unspecified atom stereocenters. The van der Waals surface area contributed by atoms with Crippen molar-refractivity contribution >= 4 is 36.2 Å². The van der Waals surface area contributed by atoms with Crippen LogP contribution in [-0.4, -0.2) is 36.2 Å². The fraction of sp³-hybridized carbons (Fsp3) is 0.118. The smallest absolute Gasteiger partial charge is 0.343 e. The normalized spacial score (nSPS) is 10.8. The first-order chi connectivity index (χ1) is 21.5. The number of benzene rings is 4. The maximum atomic E-state index is 12.4. The lowest BCUT2D eigenvalue weighted by molar-refractivity contribution is -0.123. The first-order valence-electron chi connectivity index (χ1n) is 13.9. The predicted molar refractivity (Wildman–Crippen MR) is 166 cm³/mol. The van der Waals surface area contributed by atoms with Gasteiger partial charge in [-0.3, -0.25) is 9.59 Å². The number of nitrogens with zero attached hydrogens (tertiary/aromatic N) is 2. The quantitative estimate of drug-likeness (QED) is 0.0715. The summed E-state index contributed by atoms with van der Waals surface area (Å²) in [5.41, 5.74) is 6.76. The SMILES string of the molecule is O=C(CCCCC(=O)N/N=C/c1ccccc1OC(=O)c1ccccc1)N/N=C/c1ccccc1OC(=O)c1ccccc1. The van der Waals surface area contributed by atoms with E-state index in [9.17, 15) is 19.2 Å². The van der Waals surface area contributed by atoms with Crippen molar-refractivity contribution < 1.29 is 28.7 Å². The van der Waals surface area contributed by atoms with Gasteiger partial charge in [0.25, 0.3) is 0 Å². The fourth-order valence-corrected chi connectivity index (χ4v) is 3.86. The molecular weight excluding hydrogens is 560 g/mol. The Morgan fingerprint density at radius 1 is 0.523 bits per heavy atom. The summed E-state index contributed by atoms with van der Waals surface area (Å²) in [5.74, 6) is -1.02. The maximum Gasteiger partial charge on any atom is 0.343 e. The molecule has 0 atom stereocenters. The van der Waals surface area contributed by atoms with E-state index in [0.29, 0.717) is 46.6 Å². The number of rotatable bonds is 13. The molecule has 0 spiro atoms. The summed E-state index contributed by atoms with van der Waals surface area (Å²) in [4.78, 5) is 49.1. The van der Waals surface area contributed by atoms with Gasteiger partial charge in [0.15, 0.2) is 0 Å². The number of hydrogen-bond acceptors (Lipinski definition) is 8.